The quantitative estimate of drug-likeness (QED) is 0.351. The maximum Gasteiger partial charge on any atom is 0.490 e. The number of nitrogens with zero attached hydrogens (tertiary/aromatic N) is 5. The number of carbonyl (C=O) groups excluding carboxylic acids is 1. The molecule has 16 heteroatoms. The maximum absolute atomic E-state index is 13.1. The molecule has 0 spiro atoms. The number of fused-ring (bicyclic) bond motifs is 1. The second-order valence-corrected chi connectivity index (χ2v) is 7.45. The summed E-state index contributed by atoms with van der Waals surface area (Å²) in [5, 5.41) is 10.4. The first-order valence-electron chi connectivity index (χ1n) is 11.1. The SMILES string of the molecule is CC#CCn1c(N2CCNCC2)nc2c1c(=O)n(OC(C)=O)c(=O)n2CCOCC.O=C(O)C(F)(F)F. The Hall–Kier alpha value is -3.84. The van der Waals surface area contributed by atoms with Gasteiger partial charge in [-0.3, -0.25) is 13.9 Å². The first-order valence-corrected chi connectivity index (χ1v) is 11.1. The number of rotatable bonds is 7. The molecular formula is C21H27F3N6O7. The molecule has 0 saturated carbocycles. The fourth-order valence-corrected chi connectivity index (χ4v) is 3.34. The van der Waals surface area contributed by atoms with Crippen molar-refractivity contribution in [2.45, 2.75) is 40.0 Å². The number of halogens is 3. The number of hydrogen-bond acceptors (Lipinski definition) is 9. The van der Waals surface area contributed by atoms with Crippen LogP contribution in [0.5, 0.6) is 0 Å². The van der Waals surface area contributed by atoms with Gasteiger partial charge in [0.2, 0.25) is 5.95 Å². The van der Waals surface area contributed by atoms with Gasteiger partial charge < -0.3 is 24.9 Å². The molecule has 1 saturated heterocycles. The predicted octanol–water partition coefficient (Wildman–Crippen LogP) is -0.562. The third kappa shape index (κ3) is 7.33. The Morgan fingerprint density at radius 3 is 2.32 bits per heavy atom. The monoisotopic (exact) mass is 532 g/mol. The Balaban J connectivity index is 0.000000604. The number of carboxylic acids is 1. The summed E-state index contributed by atoms with van der Waals surface area (Å²) in [4.78, 5) is 58.1. The van der Waals surface area contributed by atoms with Crippen LogP contribution in [-0.4, -0.2) is 81.5 Å². The fourth-order valence-electron chi connectivity index (χ4n) is 3.34. The van der Waals surface area contributed by atoms with Gasteiger partial charge >= 0.3 is 29.4 Å². The average Bonchev–Trinajstić information content (AvgIpc) is 3.22. The van der Waals surface area contributed by atoms with Gasteiger partial charge in [-0.25, -0.2) is 14.4 Å². The zero-order chi connectivity index (χ0) is 27.8. The molecule has 0 aliphatic carbocycles. The Morgan fingerprint density at radius 2 is 1.81 bits per heavy atom. The fraction of sp³-hybridized carbons (Fsp3) is 0.571. The molecule has 3 rings (SSSR count). The molecule has 13 nitrogen and oxygen atoms in total. The Labute approximate surface area is 208 Å². The first kappa shape index (κ1) is 29.4. The lowest BCUT2D eigenvalue weighted by Crippen LogP contribution is -2.46. The van der Waals surface area contributed by atoms with Crippen molar-refractivity contribution in [2.24, 2.45) is 0 Å². The van der Waals surface area contributed by atoms with Gasteiger partial charge in [0.05, 0.1) is 19.7 Å². The molecular weight excluding hydrogens is 505 g/mol. The summed E-state index contributed by atoms with van der Waals surface area (Å²) in [5.41, 5.74) is -1.15. The molecule has 37 heavy (non-hydrogen) atoms. The molecule has 204 valence electrons. The van der Waals surface area contributed by atoms with Crippen LogP contribution in [0.15, 0.2) is 9.59 Å². The van der Waals surface area contributed by atoms with Crippen molar-refractivity contribution in [3.63, 3.8) is 0 Å². The molecule has 1 aliphatic rings. The van der Waals surface area contributed by atoms with E-state index in [0.29, 0.717) is 30.4 Å². The molecule has 0 aromatic carbocycles. The highest BCUT2D eigenvalue weighted by atomic mass is 19.4. The number of ether oxygens (including phenoxy) is 1. The summed E-state index contributed by atoms with van der Waals surface area (Å²) >= 11 is 0. The van der Waals surface area contributed by atoms with E-state index < -0.39 is 29.4 Å². The summed E-state index contributed by atoms with van der Waals surface area (Å²) in [6, 6.07) is 0. The van der Waals surface area contributed by atoms with Gasteiger partial charge in [0.15, 0.2) is 11.2 Å². The smallest absolute Gasteiger partial charge is 0.475 e. The standard InChI is InChI=1S/C19H26N6O5.C2HF3O2/c1-4-6-9-23-15-16(21-18(23)22-10-7-20-8-11-22)24(12-13-29-5-2)19(28)25(17(15)27)30-14(3)26;3-2(4,5)1(6)7/h20H,5,7-13H2,1-3H3;(H,6,7). The lowest BCUT2D eigenvalue weighted by Gasteiger charge is -2.28. The lowest BCUT2D eigenvalue weighted by atomic mass is 10.4. The molecule has 0 amide bonds. The Kier molecular flexibility index (Phi) is 10.3. The van der Waals surface area contributed by atoms with E-state index in [1.165, 1.54) is 4.57 Å². The summed E-state index contributed by atoms with van der Waals surface area (Å²) in [6.45, 7) is 8.73. The van der Waals surface area contributed by atoms with Crippen LogP contribution < -0.4 is 26.3 Å². The minimum Gasteiger partial charge on any atom is -0.475 e. The van der Waals surface area contributed by atoms with Gasteiger partial charge in [-0.1, -0.05) is 10.7 Å². The van der Waals surface area contributed by atoms with E-state index >= 15 is 0 Å². The van der Waals surface area contributed by atoms with E-state index in [0.717, 1.165) is 20.0 Å². The average molecular weight is 532 g/mol. The number of carboxylic acid groups (broad SMARTS) is 1. The predicted molar refractivity (Wildman–Crippen MR) is 124 cm³/mol. The third-order valence-electron chi connectivity index (χ3n) is 4.92. The van der Waals surface area contributed by atoms with E-state index in [1.54, 1.807) is 11.5 Å². The molecule has 2 N–H and O–H groups in total. The maximum atomic E-state index is 13.1. The van der Waals surface area contributed by atoms with Gasteiger partial charge in [-0.05, 0) is 13.8 Å². The van der Waals surface area contributed by atoms with Crippen molar-refractivity contribution in [1.82, 2.24) is 24.2 Å². The van der Waals surface area contributed by atoms with E-state index in [1.807, 2.05) is 11.8 Å². The molecule has 3 heterocycles. The van der Waals surface area contributed by atoms with Crippen molar-refractivity contribution in [3.8, 4) is 11.8 Å². The highest BCUT2D eigenvalue weighted by molar-refractivity contribution is 5.75. The summed E-state index contributed by atoms with van der Waals surface area (Å²) in [5.74, 6) is 2.81. The highest BCUT2D eigenvalue weighted by Gasteiger charge is 2.38. The minimum atomic E-state index is -5.08. The van der Waals surface area contributed by atoms with Crippen LogP contribution in [0.3, 0.4) is 0 Å². The number of anilines is 1. The number of nitrogens with one attached hydrogen (secondary N) is 1. The number of imidazole rings is 1. The van der Waals surface area contributed by atoms with E-state index in [9.17, 15) is 27.6 Å². The van der Waals surface area contributed by atoms with Crippen LogP contribution in [0.25, 0.3) is 11.2 Å². The summed E-state index contributed by atoms with van der Waals surface area (Å²) in [7, 11) is 0. The van der Waals surface area contributed by atoms with Crippen LogP contribution >= 0.6 is 0 Å². The Morgan fingerprint density at radius 1 is 1.19 bits per heavy atom. The highest BCUT2D eigenvalue weighted by Crippen LogP contribution is 2.20. The third-order valence-corrected chi connectivity index (χ3v) is 4.92. The zero-order valence-corrected chi connectivity index (χ0v) is 20.4. The number of alkyl halides is 3. The van der Waals surface area contributed by atoms with Gasteiger partial charge in [0.25, 0.3) is 0 Å². The summed E-state index contributed by atoms with van der Waals surface area (Å²) < 4.78 is 40.6. The van der Waals surface area contributed by atoms with Crippen LogP contribution in [0, 0.1) is 11.8 Å². The molecule has 2 aromatic rings. The molecule has 0 radical (unpaired) electrons. The van der Waals surface area contributed by atoms with Gasteiger partial charge in [-0.15, -0.1) is 5.92 Å². The number of aliphatic carboxylic acids is 1. The van der Waals surface area contributed by atoms with Crippen molar-refractivity contribution in [1.29, 1.82) is 0 Å². The van der Waals surface area contributed by atoms with Crippen LogP contribution in [-0.2, 0) is 27.4 Å². The van der Waals surface area contributed by atoms with E-state index in [4.69, 9.17) is 19.5 Å². The van der Waals surface area contributed by atoms with Crippen LogP contribution in [0.4, 0.5) is 19.1 Å². The molecule has 1 fully saturated rings. The zero-order valence-electron chi connectivity index (χ0n) is 20.4. The van der Waals surface area contributed by atoms with E-state index in [2.05, 4.69) is 22.1 Å². The molecule has 0 atom stereocenters. The number of hydrogen-bond donors (Lipinski definition) is 2. The molecule has 0 unspecified atom stereocenters. The van der Waals surface area contributed by atoms with Crippen LogP contribution in [0.1, 0.15) is 20.8 Å². The normalized spacial score (nSPS) is 13.4. The number of piperazine rings is 1. The first-order chi connectivity index (χ1) is 17.4. The second kappa shape index (κ2) is 12.9. The topological polar surface area (TPSA) is 150 Å². The second-order valence-electron chi connectivity index (χ2n) is 7.45. The minimum absolute atomic E-state index is 0.155. The van der Waals surface area contributed by atoms with E-state index in [-0.39, 0.29) is 30.9 Å². The molecule has 1 aliphatic heterocycles. The molecule has 0 bridgehead atoms. The largest absolute Gasteiger partial charge is 0.490 e. The number of aromatic nitrogens is 4. The number of carbonyl (C=O) groups is 2. The van der Waals surface area contributed by atoms with Crippen LogP contribution in [0.2, 0.25) is 0 Å². The molecule has 2 aromatic heterocycles. The van der Waals surface area contributed by atoms with Crippen molar-refractivity contribution in [2.75, 3.05) is 44.3 Å². The summed E-state index contributed by atoms with van der Waals surface area (Å²) in [6.07, 6.45) is -5.08. The van der Waals surface area contributed by atoms with Crippen molar-refractivity contribution in [3.05, 3.63) is 20.8 Å². The van der Waals surface area contributed by atoms with Gasteiger partial charge in [0.1, 0.15) is 0 Å². The van der Waals surface area contributed by atoms with Gasteiger partial charge in [-0.2, -0.15) is 18.2 Å². The lowest BCUT2D eigenvalue weighted by molar-refractivity contribution is -0.192. The Bertz CT molecular complexity index is 1300. The van der Waals surface area contributed by atoms with Crippen molar-refractivity contribution >= 4 is 29.1 Å². The van der Waals surface area contributed by atoms with Gasteiger partial charge in [0, 0.05) is 39.7 Å². The van der Waals surface area contributed by atoms with Crippen molar-refractivity contribution < 1.29 is 37.4 Å².